The van der Waals surface area contributed by atoms with Crippen LogP contribution in [0.1, 0.15) is 15.9 Å². The van der Waals surface area contributed by atoms with Crippen molar-refractivity contribution in [2.75, 3.05) is 13.7 Å². The maximum Gasteiger partial charge on any atom is 0.387 e. The summed E-state index contributed by atoms with van der Waals surface area (Å²) in [6.45, 7) is -3.35. The second kappa shape index (κ2) is 9.27. The van der Waals surface area contributed by atoms with E-state index >= 15 is 0 Å². The van der Waals surface area contributed by atoms with E-state index in [9.17, 15) is 23.7 Å². The highest BCUT2D eigenvalue weighted by Crippen LogP contribution is 2.36. The van der Waals surface area contributed by atoms with E-state index in [2.05, 4.69) is 4.74 Å². The number of rotatable bonds is 8. The average molecular weight is 379 g/mol. The van der Waals surface area contributed by atoms with E-state index in [-0.39, 0.29) is 12.4 Å². The van der Waals surface area contributed by atoms with E-state index in [1.807, 2.05) is 30.3 Å². The number of alkyl halides is 2. The van der Waals surface area contributed by atoms with E-state index in [0.717, 1.165) is 18.7 Å². The van der Waals surface area contributed by atoms with Crippen molar-refractivity contribution >= 4 is 17.7 Å². The Morgan fingerprint density at radius 3 is 2.52 bits per heavy atom. The largest absolute Gasteiger partial charge is 0.493 e. The molecular weight excluding hydrogens is 364 g/mol. The molecule has 2 rings (SSSR count). The quantitative estimate of drug-likeness (QED) is 0.390. The second-order valence-corrected chi connectivity index (χ2v) is 5.07. The van der Waals surface area contributed by atoms with Gasteiger partial charge in [-0.05, 0) is 11.6 Å². The molecule has 0 spiro atoms. The van der Waals surface area contributed by atoms with Gasteiger partial charge in [-0.15, -0.1) is 0 Å². The molecule has 0 bridgehead atoms. The third-order valence-electron chi connectivity index (χ3n) is 3.34. The van der Waals surface area contributed by atoms with Crippen molar-refractivity contribution in [2.45, 2.75) is 6.61 Å². The molecule has 2 aromatic carbocycles. The lowest BCUT2D eigenvalue weighted by molar-refractivity contribution is -0.385. The third-order valence-corrected chi connectivity index (χ3v) is 3.34. The summed E-state index contributed by atoms with van der Waals surface area (Å²) in [6.07, 6.45) is 3.27. The van der Waals surface area contributed by atoms with Gasteiger partial charge in [0.2, 0.25) is 0 Å². The van der Waals surface area contributed by atoms with Crippen LogP contribution in [-0.2, 0) is 4.74 Å². The van der Waals surface area contributed by atoms with Crippen molar-refractivity contribution < 1.29 is 32.7 Å². The number of hydrogen-bond acceptors (Lipinski definition) is 6. The number of nitro benzene ring substituents is 1. The van der Waals surface area contributed by atoms with E-state index < -0.39 is 34.5 Å². The Balaban J connectivity index is 2.18. The van der Waals surface area contributed by atoms with Crippen LogP contribution in [-0.4, -0.2) is 31.2 Å². The fourth-order valence-corrected chi connectivity index (χ4v) is 2.16. The maximum absolute atomic E-state index is 12.4. The topological polar surface area (TPSA) is 87.9 Å². The number of carbonyl (C=O) groups is 1. The zero-order chi connectivity index (χ0) is 19.8. The number of benzene rings is 2. The van der Waals surface area contributed by atoms with Gasteiger partial charge in [0.1, 0.15) is 12.2 Å². The number of hydrogen-bond donors (Lipinski definition) is 0. The summed E-state index contributed by atoms with van der Waals surface area (Å²) in [5.41, 5.74) is -0.287. The van der Waals surface area contributed by atoms with Crippen LogP contribution >= 0.6 is 0 Å². The fourth-order valence-electron chi connectivity index (χ4n) is 2.16. The number of halogens is 2. The van der Waals surface area contributed by atoms with Crippen LogP contribution in [0.2, 0.25) is 0 Å². The minimum atomic E-state index is -3.21. The Hall–Kier alpha value is -3.49. The first-order chi connectivity index (χ1) is 12.9. The Morgan fingerprint density at radius 2 is 1.93 bits per heavy atom. The molecule has 0 amide bonds. The summed E-state index contributed by atoms with van der Waals surface area (Å²) in [4.78, 5) is 22.5. The predicted octanol–water partition coefficient (Wildman–Crippen LogP) is 4.08. The smallest absolute Gasteiger partial charge is 0.387 e. The molecule has 0 aliphatic carbocycles. The van der Waals surface area contributed by atoms with E-state index in [0.29, 0.717) is 6.07 Å². The highest BCUT2D eigenvalue weighted by Gasteiger charge is 2.26. The van der Waals surface area contributed by atoms with Gasteiger partial charge in [-0.1, -0.05) is 36.4 Å². The Kier molecular flexibility index (Phi) is 6.81. The molecule has 0 N–H and O–H groups in total. The van der Waals surface area contributed by atoms with Crippen LogP contribution in [0.5, 0.6) is 11.5 Å². The number of nitrogens with zero attached hydrogens (tertiary/aromatic N) is 1. The second-order valence-electron chi connectivity index (χ2n) is 5.07. The van der Waals surface area contributed by atoms with E-state index in [1.165, 1.54) is 0 Å². The van der Waals surface area contributed by atoms with Gasteiger partial charge in [0.05, 0.1) is 18.1 Å². The number of methoxy groups -OCH3 is 1. The van der Waals surface area contributed by atoms with Gasteiger partial charge in [-0.25, -0.2) is 4.79 Å². The summed E-state index contributed by atoms with van der Waals surface area (Å²) in [7, 11) is 1.15. The van der Waals surface area contributed by atoms with Crippen LogP contribution in [0, 0.1) is 10.1 Å². The molecule has 27 heavy (non-hydrogen) atoms. The monoisotopic (exact) mass is 379 g/mol. The molecule has 0 saturated heterocycles. The normalized spacial score (nSPS) is 10.8. The van der Waals surface area contributed by atoms with Gasteiger partial charge in [-0.3, -0.25) is 10.1 Å². The Morgan fingerprint density at radius 1 is 1.22 bits per heavy atom. The third kappa shape index (κ3) is 5.50. The molecule has 0 saturated carbocycles. The molecule has 0 aliphatic heterocycles. The molecule has 0 radical (unpaired) electrons. The number of carbonyl (C=O) groups excluding carboxylic acids is 1. The molecule has 0 atom stereocenters. The minimum Gasteiger partial charge on any atom is -0.493 e. The van der Waals surface area contributed by atoms with Crippen LogP contribution < -0.4 is 9.47 Å². The lowest BCUT2D eigenvalue weighted by Crippen LogP contribution is -2.10. The molecule has 2 aromatic rings. The summed E-state index contributed by atoms with van der Waals surface area (Å²) < 4.78 is 38.9. The Labute approximate surface area is 152 Å². The van der Waals surface area contributed by atoms with Crippen LogP contribution in [0.4, 0.5) is 14.5 Å². The predicted molar refractivity (Wildman–Crippen MR) is 92.0 cm³/mol. The fraction of sp³-hybridized carbons (Fsp3) is 0.167. The summed E-state index contributed by atoms with van der Waals surface area (Å²) in [5, 5.41) is 11.2. The summed E-state index contributed by atoms with van der Waals surface area (Å²) in [6, 6.07) is 10.8. The molecule has 0 fully saturated rings. The first-order valence-corrected chi connectivity index (χ1v) is 7.62. The maximum atomic E-state index is 12.4. The van der Waals surface area contributed by atoms with E-state index in [1.54, 1.807) is 12.2 Å². The molecule has 0 aromatic heterocycles. The van der Waals surface area contributed by atoms with Gasteiger partial charge in [0, 0.05) is 6.07 Å². The molecule has 7 nitrogen and oxygen atoms in total. The Bertz CT molecular complexity index is 839. The van der Waals surface area contributed by atoms with E-state index in [4.69, 9.17) is 9.47 Å². The first-order valence-electron chi connectivity index (χ1n) is 7.62. The standard InChI is InChI=1S/C18H15F2NO6/c1-25-15-10-13(14(21(23)24)11-16(15)27-18(19)20)17(22)26-9-5-8-12-6-3-2-4-7-12/h2-8,10-11,18H,9H2,1H3/b8-5+. The van der Waals surface area contributed by atoms with Gasteiger partial charge >= 0.3 is 12.6 Å². The highest BCUT2D eigenvalue weighted by molar-refractivity contribution is 5.95. The van der Waals surface area contributed by atoms with Crippen molar-refractivity contribution in [2.24, 2.45) is 0 Å². The van der Waals surface area contributed by atoms with Gasteiger partial charge in [-0.2, -0.15) is 8.78 Å². The van der Waals surface area contributed by atoms with Crippen molar-refractivity contribution in [3.8, 4) is 11.5 Å². The molecule has 0 aliphatic rings. The molecular formula is C18H15F2NO6. The molecule has 142 valence electrons. The van der Waals surface area contributed by atoms with Gasteiger partial charge in [0.15, 0.2) is 11.5 Å². The number of nitro groups is 1. The first kappa shape index (κ1) is 19.8. The van der Waals surface area contributed by atoms with Gasteiger partial charge in [0.25, 0.3) is 5.69 Å². The zero-order valence-electron chi connectivity index (χ0n) is 14.1. The van der Waals surface area contributed by atoms with Crippen molar-refractivity contribution in [1.82, 2.24) is 0 Å². The van der Waals surface area contributed by atoms with Gasteiger partial charge < -0.3 is 14.2 Å². The van der Waals surface area contributed by atoms with Crippen LogP contribution in [0.15, 0.2) is 48.5 Å². The van der Waals surface area contributed by atoms with Crippen molar-refractivity contribution in [3.05, 3.63) is 69.8 Å². The van der Waals surface area contributed by atoms with Crippen LogP contribution in [0.3, 0.4) is 0 Å². The summed E-state index contributed by atoms with van der Waals surface area (Å²) in [5.74, 6) is -1.81. The van der Waals surface area contributed by atoms with Crippen LogP contribution in [0.25, 0.3) is 6.08 Å². The highest BCUT2D eigenvalue weighted by atomic mass is 19.3. The minimum absolute atomic E-state index is 0.136. The molecule has 9 heteroatoms. The average Bonchev–Trinajstić information content (AvgIpc) is 2.65. The lowest BCUT2D eigenvalue weighted by atomic mass is 10.1. The lowest BCUT2D eigenvalue weighted by Gasteiger charge is -2.11. The molecule has 0 heterocycles. The SMILES string of the molecule is COc1cc(C(=O)OC/C=C/c2ccccc2)c([N+](=O)[O-])cc1OC(F)F. The zero-order valence-corrected chi connectivity index (χ0v) is 14.1. The number of ether oxygens (including phenoxy) is 3. The summed E-state index contributed by atoms with van der Waals surface area (Å²) >= 11 is 0. The molecule has 0 unspecified atom stereocenters. The number of esters is 1. The van der Waals surface area contributed by atoms with Crippen molar-refractivity contribution in [1.29, 1.82) is 0 Å². The van der Waals surface area contributed by atoms with Crippen molar-refractivity contribution in [3.63, 3.8) is 0 Å².